The number of allylic oxidation sites excluding steroid dienone is 24. The molecule has 0 saturated carbocycles. The highest BCUT2D eigenvalue weighted by Gasteiger charge is 2.29. The van der Waals surface area contributed by atoms with Crippen LogP contribution in [-0.4, -0.2) is 95.9 Å². The number of ether oxygens (including phenoxy) is 3. The minimum atomic E-state index is -4.95. The zero-order valence-corrected chi connectivity index (χ0v) is 73.3. The van der Waals surface area contributed by atoms with Gasteiger partial charge < -0.3 is 34.2 Å². The van der Waals surface area contributed by atoms with Crippen molar-refractivity contribution in [1.82, 2.24) is 0 Å². The topological polar surface area (TPSA) is 231 Å². The maximum absolute atomic E-state index is 13.0. The minimum Gasteiger partial charge on any atom is -0.463 e. The van der Waals surface area contributed by atoms with Crippen LogP contribution >= 0.6 is 15.6 Å². The first-order valence-electron chi connectivity index (χ1n) is 45.1. The molecule has 0 saturated heterocycles. The Labute approximate surface area is 689 Å². The Morgan fingerprint density at radius 3 is 0.743 bits per heavy atom. The van der Waals surface area contributed by atoms with Gasteiger partial charge in [-0.15, -0.1) is 0 Å². The summed E-state index contributed by atoms with van der Waals surface area (Å²) in [5, 5.41) is 20.7. The summed E-state index contributed by atoms with van der Waals surface area (Å²) in [4.78, 5) is 58.9. The van der Waals surface area contributed by atoms with Crippen LogP contribution in [0.5, 0.6) is 0 Å². The summed E-state index contributed by atoms with van der Waals surface area (Å²) >= 11 is 0. The van der Waals surface area contributed by atoms with Crippen molar-refractivity contribution in [2.45, 2.75) is 399 Å². The Morgan fingerprint density at radius 2 is 0.469 bits per heavy atom. The van der Waals surface area contributed by atoms with E-state index >= 15 is 0 Å². The van der Waals surface area contributed by atoms with Crippen LogP contribution in [0.4, 0.5) is 0 Å². The van der Waals surface area contributed by atoms with E-state index in [0.29, 0.717) is 19.3 Å². The van der Waals surface area contributed by atoms with Crippen LogP contribution in [0.1, 0.15) is 380 Å². The number of hydrogen-bond donors (Lipinski definition) is 4. The van der Waals surface area contributed by atoms with Crippen molar-refractivity contribution in [3.05, 3.63) is 146 Å². The average Bonchev–Trinajstić information content (AvgIpc) is 0.898. The average molecular weight is 1620 g/mol. The lowest BCUT2D eigenvalue weighted by atomic mass is 10.0. The van der Waals surface area contributed by atoms with E-state index in [9.17, 15) is 43.5 Å². The molecule has 18 heteroatoms. The fourth-order valence-electron chi connectivity index (χ4n) is 12.2. The van der Waals surface area contributed by atoms with Gasteiger partial charge in [0.25, 0.3) is 0 Å². The minimum absolute atomic E-state index is 0.0732. The van der Waals surface area contributed by atoms with Crippen molar-refractivity contribution in [3.8, 4) is 0 Å². The van der Waals surface area contributed by atoms with Gasteiger partial charge in [-0.3, -0.25) is 32.5 Å². The summed E-state index contributed by atoms with van der Waals surface area (Å²) in [5.41, 5.74) is 0. The molecule has 0 aliphatic carbocycles. The first kappa shape index (κ1) is 108. The number of rotatable bonds is 85. The van der Waals surface area contributed by atoms with Crippen molar-refractivity contribution >= 4 is 33.6 Å². The molecule has 113 heavy (non-hydrogen) atoms. The molecular formula is C95H164O16P2. The van der Waals surface area contributed by atoms with Crippen LogP contribution in [0.25, 0.3) is 0 Å². The second kappa shape index (κ2) is 86.8. The van der Waals surface area contributed by atoms with Crippen LogP contribution in [0.3, 0.4) is 0 Å². The van der Waals surface area contributed by atoms with Crippen LogP contribution in [-0.2, 0) is 55.8 Å². The molecule has 5 unspecified atom stereocenters. The van der Waals surface area contributed by atoms with Gasteiger partial charge in [-0.2, -0.15) is 0 Å². The predicted octanol–water partition coefficient (Wildman–Crippen LogP) is 27.6. The van der Waals surface area contributed by atoms with Gasteiger partial charge in [0.2, 0.25) is 0 Å². The van der Waals surface area contributed by atoms with Gasteiger partial charge in [0, 0.05) is 19.3 Å². The molecule has 0 amide bonds. The summed E-state index contributed by atoms with van der Waals surface area (Å²) in [5.74, 6) is -1.60. The molecule has 5 atom stereocenters. The number of unbranched alkanes of at least 4 members (excludes halogenated alkanes) is 38. The fourth-order valence-corrected chi connectivity index (χ4v) is 13.8. The van der Waals surface area contributed by atoms with Gasteiger partial charge in [-0.05, 0) is 148 Å². The second-order valence-electron chi connectivity index (χ2n) is 30.0. The van der Waals surface area contributed by atoms with Crippen molar-refractivity contribution in [1.29, 1.82) is 0 Å². The van der Waals surface area contributed by atoms with Gasteiger partial charge in [0.15, 0.2) is 6.10 Å². The number of aliphatic hydroxyl groups is 2. The molecule has 0 radical (unpaired) electrons. The third-order valence-corrected chi connectivity index (χ3v) is 20.9. The van der Waals surface area contributed by atoms with Crippen molar-refractivity contribution in [2.75, 3.05) is 39.6 Å². The Bertz CT molecular complexity index is 2630. The maximum Gasteiger partial charge on any atom is 0.472 e. The fraction of sp³-hybridized carbons (Fsp3) is 0.716. The summed E-state index contributed by atoms with van der Waals surface area (Å²) in [6.45, 7) is 2.52. The van der Waals surface area contributed by atoms with E-state index in [1.807, 2.05) is 0 Å². The zero-order chi connectivity index (χ0) is 82.2. The SMILES string of the molecule is CC/C=C\C/C=C\C/C=C\C/C=C\CCCCCCC(=O)OC(COC(=O)CCCCCCCCCCCCC/C=C\C/C=C\C/C=C\C/C=C\CCCCC)COP(=O)(O)OCC(O)COP(=O)(O)OCC(O)COC(=O)CCCCCCCCCCCCCCCCCCC/C=C\C/C=C\C/C=C\C/C=C\CCCCC. The lowest BCUT2D eigenvalue weighted by Crippen LogP contribution is -2.30. The van der Waals surface area contributed by atoms with Gasteiger partial charge in [-0.25, -0.2) is 9.13 Å². The number of phosphoric acid groups is 2. The smallest absolute Gasteiger partial charge is 0.463 e. The summed E-state index contributed by atoms with van der Waals surface area (Å²) < 4.78 is 61.4. The van der Waals surface area contributed by atoms with Gasteiger partial charge in [0.1, 0.15) is 25.4 Å². The summed E-state index contributed by atoms with van der Waals surface area (Å²) in [7, 11) is -9.81. The number of carbonyl (C=O) groups excluding carboxylic acids is 3. The molecule has 0 spiro atoms. The van der Waals surface area contributed by atoms with Crippen molar-refractivity contribution < 1.29 is 75.8 Å². The molecule has 0 bridgehead atoms. The maximum atomic E-state index is 13.0. The second-order valence-corrected chi connectivity index (χ2v) is 32.9. The van der Waals surface area contributed by atoms with E-state index in [0.717, 1.165) is 141 Å². The van der Waals surface area contributed by atoms with E-state index in [-0.39, 0.29) is 19.3 Å². The molecule has 0 fully saturated rings. The first-order chi connectivity index (χ1) is 55.2. The Kier molecular flexibility index (Phi) is 83.3. The molecule has 0 aliphatic heterocycles. The summed E-state index contributed by atoms with van der Waals surface area (Å²) in [6, 6.07) is 0. The van der Waals surface area contributed by atoms with Crippen LogP contribution in [0.2, 0.25) is 0 Å². The van der Waals surface area contributed by atoms with Crippen molar-refractivity contribution in [2.24, 2.45) is 0 Å². The molecule has 16 nitrogen and oxygen atoms in total. The highest BCUT2D eigenvalue weighted by molar-refractivity contribution is 7.47. The number of aliphatic hydroxyl groups excluding tert-OH is 2. The Morgan fingerprint density at radius 1 is 0.257 bits per heavy atom. The molecule has 0 rings (SSSR count). The summed E-state index contributed by atoms with van der Waals surface area (Å²) in [6.07, 6.45) is 109. The number of carbonyl (C=O) groups is 3. The molecule has 0 aromatic carbocycles. The normalized spacial score (nSPS) is 14.5. The predicted molar refractivity (Wildman–Crippen MR) is 473 cm³/mol. The zero-order valence-electron chi connectivity index (χ0n) is 71.5. The van der Waals surface area contributed by atoms with Gasteiger partial charge >= 0.3 is 33.6 Å². The lowest BCUT2D eigenvalue weighted by Gasteiger charge is -2.21. The molecule has 0 heterocycles. The molecule has 0 aliphatic rings. The van der Waals surface area contributed by atoms with E-state index in [1.165, 1.54) is 180 Å². The van der Waals surface area contributed by atoms with Crippen LogP contribution < -0.4 is 0 Å². The molecule has 650 valence electrons. The third-order valence-electron chi connectivity index (χ3n) is 19.0. The Balaban J connectivity index is 4.51. The first-order valence-corrected chi connectivity index (χ1v) is 48.1. The van der Waals surface area contributed by atoms with Crippen LogP contribution in [0, 0.1) is 0 Å². The van der Waals surface area contributed by atoms with Crippen molar-refractivity contribution in [3.63, 3.8) is 0 Å². The number of phosphoric ester groups is 2. The largest absolute Gasteiger partial charge is 0.472 e. The quantitative estimate of drug-likeness (QED) is 0.0146. The molecular weight excluding hydrogens is 1460 g/mol. The lowest BCUT2D eigenvalue weighted by molar-refractivity contribution is -0.161. The van der Waals surface area contributed by atoms with E-state index in [1.54, 1.807) is 0 Å². The highest BCUT2D eigenvalue weighted by Crippen LogP contribution is 2.45. The molecule has 0 aromatic rings. The number of esters is 3. The van der Waals surface area contributed by atoms with Crippen LogP contribution in [0.15, 0.2) is 146 Å². The van der Waals surface area contributed by atoms with E-state index < -0.39 is 91.5 Å². The van der Waals surface area contributed by atoms with Gasteiger partial charge in [-0.1, -0.05) is 359 Å². The van der Waals surface area contributed by atoms with Gasteiger partial charge in [0.05, 0.1) is 26.4 Å². The molecule has 0 aromatic heterocycles. The molecule has 4 N–H and O–H groups in total. The standard InChI is InChI=1S/C95H164O16P2/c1-4-7-10-13-16-19-22-25-28-31-33-35-37-39-41-42-43-44-45-46-48-50-51-53-55-58-60-63-66-69-72-75-78-81-93(98)105-84-90(96)85-107-112(101,102)108-86-91(97)87-109-113(103,104)110-89-92(111-95(100)83-80-77-74-71-68-65-62-57-30-27-24-21-18-15-12-9-6-3)88-106-94(99)82-79-76-73-70-67-64-61-59-56-54-52-49-47-40-38-36-34-32-29-26-23-20-17-14-11-8-5-2/h9,12,16-21,25-30,33-36,39-41,47,62,65,90-92,96-97H,4-8,10-11,13-15,22-24,31-32,37-38,42-46,48-61,63-64,66-89H2,1-3H3,(H,101,102)(H,103,104)/b12-9-,19-16-,20-17-,21-18-,28-25-,29-26-,30-27-,35-33-,36-34-,41-39-,47-40-,65-62-. The van der Waals surface area contributed by atoms with E-state index in [2.05, 4.69) is 167 Å². The monoisotopic (exact) mass is 1620 g/mol. The number of hydrogen-bond acceptors (Lipinski definition) is 14. The third kappa shape index (κ3) is 88.1. The highest BCUT2D eigenvalue weighted by atomic mass is 31.2. The van der Waals surface area contributed by atoms with E-state index in [4.69, 9.17) is 32.3 Å². The Hall–Kier alpha value is -4.57.